The highest BCUT2D eigenvalue weighted by molar-refractivity contribution is 7.89. The van der Waals surface area contributed by atoms with Crippen LogP contribution in [-0.2, 0) is 16.2 Å². The van der Waals surface area contributed by atoms with E-state index in [0.717, 1.165) is 16.7 Å². The molecule has 2 unspecified atom stereocenters. The van der Waals surface area contributed by atoms with Crippen molar-refractivity contribution in [1.82, 2.24) is 24.5 Å². The fraction of sp³-hybridized carbons (Fsp3) is 0.350. The van der Waals surface area contributed by atoms with Crippen molar-refractivity contribution < 1.29 is 26.7 Å². The van der Waals surface area contributed by atoms with Gasteiger partial charge in [0.25, 0.3) is 0 Å². The summed E-state index contributed by atoms with van der Waals surface area (Å²) >= 11 is 0. The number of hydrogen-bond acceptors (Lipinski definition) is 7. The van der Waals surface area contributed by atoms with Gasteiger partial charge in [-0.3, -0.25) is 0 Å². The van der Waals surface area contributed by atoms with Gasteiger partial charge < -0.3 is 10.4 Å². The molecule has 176 valence electrons. The minimum absolute atomic E-state index is 0.0231. The Morgan fingerprint density at radius 2 is 1.88 bits per heavy atom. The fourth-order valence-electron chi connectivity index (χ4n) is 3.70. The second kappa shape index (κ2) is 8.72. The number of nitrogens with one attached hydrogen (secondary N) is 2. The first-order chi connectivity index (χ1) is 15.6. The average molecular weight is 482 g/mol. The Labute approximate surface area is 187 Å². The summed E-state index contributed by atoms with van der Waals surface area (Å²) in [5.41, 5.74) is 0.0654. The Hall–Kier alpha value is -3.03. The van der Waals surface area contributed by atoms with Crippen molar-refractivity contribution in [3.63, 3.8) is 0 Å². The second-order valence-corrected chi connectivity index (χ2v) is 9.55. The maximum Gasteiger partial charge on any atom is 0.421 e. The molecule has 4 rings (SSSR count). The number of halogens is 3. The van der Waals surface area contributed by atoms with E-state index >= 15 is 0 Å². The smallest absolute Gasteiger partial charge is 0.393 e. The Bertz CT molecular complexity index is 1240. The fourth-order valence-corrected chi connectivity index (χ4v) is 4.43. The van der Waals surface area contributed by atoms with Crippen LogP contribution in [0.5, 0.6) is 0 Å². The zero-order valence-electron chi connectivity index (χ0n) is 17.4. The number of aromatic nitrogens is 4. The van der Waals surface area contributed by atoms with Gasteiger partial charge in [-0.1, -0.05) is 0 Å². The molecule has 2 heterocycles. The molecular formula is C20H21F3N6O3S. The van der Waals surface area contributed by atoms with Gasteiger partial charge in [-0.25, -0.2) is 22.8 Å². The molecule has 13 heteroatoms. The van der Waals surface area contributed by atoms with Crippen molar-refractivity contribution >= 4 is 21.7 Å². The maximum absolute atomic E-state index is 13.6. The van der Waals surface area contributed by atoms with Crippen LogP contribution in [0.15, 0.2) is 47.8 Å². The van der Waals surface area contributed by atoms with E-state index in [1.165, 1.54) is 43.7 Å². The zero-order valence-corrected chi connectivity index (χ0v) is 18.2. The molecule has 3 aromatic rings. The lowest BCUT2D eigenvalue weighted by atomic mass is 10.0. The summed E-state index contributed by atoms with van der Waals surface area (Å²) in [5.74, 6) is -0.537. The molecule has 0 bridgehead atoms. The number of aliphatic hydroxyl groups excluding tert-OH is 1. The molecular weight excluding hydrogens is 461 g/mol. The largest absolute Gasteiger partial charge is 0.421 e. The van der Waals surface area contributed by atoms with E-state index in [2.05, 4.69) is 25.1 Å². The number of sulfonamides is 1. The molecule has 1 aliphatic carbocycles. The van der Waals surface area contributed by atoms with Crippen LogP contribution in [0.25, 0.3) is 5.82 Å². The normalized spacial score (nSPS) is 19.1. The van der Waals surface area contributed by atoms with Crippen molar-refractivity contribution in [2.45, 2.75) is 42.4 Å². The molecule has 0 aliphatic heterocycles. The Kier molecular flexibility index (Phi) is 6.12. The van der Waals surface area contributed by atoms with Gasteiger partial charge in [0.2, 0.25) is 16.0 Å². The minimum atomic E-state index is -4.70. The highest BCUT2D eigenvalue weighted by Crippen LogP contribution is 2.36. The summed E-state index contributed by atoms with van der Waals surface area (Å²) in [6.07, 6.45) is 0.425. The SMILES string of the molecule is CNS(=O)(=O)c1ccc(Nc2ncc(C(F)(F)F)c(-n3cc(C4CCC(O)C4)cn3)n2)cc1. The third-order valence-electron chi connectivity index (χ3n) is 5.46. The molecule has 1 saturated carbocycles. The monoisotopic (exact) mass is 482 g/mol. The van der Waals surface area contributed by atoms with Gasteiger partial charge in [0.1, 0.15) is 5.56 Å². The molecule has 2 aromatic heterocycles. The molecule has 0 saturated heterocycles. The van der Waals surface area contributed by atoms with Crippen molar-refractivity contribution in [1.29, 1.82) is 0 Å². The molecule has 0 amide bonds. The Balaban J connectivity index is 1.64. The van der Waals surface area contributed by atoms with Gasteiger partial charge in [0.05, 0.1) is 17.2 Å². The minimum Gasteiger partial charge on any atom is -0.393 e. The number of alkyl halides is 3. The molecule has 9 nitrogen and oxygen atoms in total. The predicted octanol–water partition coefficient (Wildman–Crippen LogP) is 2.96. The molecule has 1 aliphatic rings. The maximum atomic E-state index is 13.6. The lowest BCUT2D eigenvalue weighted by Gasteiger charge is -2.13. The van der Waals surface area contributed by atoms with Crippen LogP contribution in [0.2, 0.25) is 0 Å². The molecule has 0 spiro atoms. The van der Waals surface area contributed by atoms with Crippen molar-refractivity contribution in [3.8, 4) is 5.82 Å². The van der Waals surface area contributed by atoms with Gasteiger partial charge in [-0.05, 0) is 62.1 Å². The van der Waals surface area contributed by atoms with Gasteiger partial charge >= 0.3 is 6.18 Å². The standard InChI is InChI=1S/C20H21F3N6O3S/c1-24-33(31,32)16-6-3-14(4-7-16)27-19-25-10-17(20(21,22)23)18(28-19)29-11-13(9-26-29)12-2-5-15(30)8-12/h3-4,6-7,9-12,15,24,30H,2,5,8H2,1H3,(H,25,27,28). The number of benzene rings is 1. The first-order valence-corrected chi connectivity index (χ1v) is 11.5. The van der Waals surface area contributed by atoms with Gasteiger partial charge in [-0.15, -0.1) is 0 Å². The third kappa shape index (κ3) is 4.99. The number of anilines is 2. The van der Waals surface area contributed by atoms with Crippen LogP contribution >= 0.6 is 0 Å². The molecule has 3 N–H and O–H groups in total. The van der Waals surface area contributed by atoms with Crippen molar-refractivity contribution in [3.05, 3.63) is 54.0 Å². The molecule has 1 fully saturated rings. The van der Waals surface area contributed by atoms with E-state index in [0.29, 0.717) is 24.7 Å². The van der Waals surface area contributed by atoms with Crippen LogP contribution in [-0.4, -0.2) is 46.4 Å². The molecule has 33 heavy (non-hydrogen) atoms. The van der Waals surface area contributed by atoms with Gasteiger partial charge in [0.15, 0.2) is 5.82 Å². The van der Waals surface area contributed by atoms with E-state index in [9.17, 15) is 26.7 Å². The zero-order chi connectivity index (χ0) is 23.8. The summed E-state index contributed by atoms with van der Waals surface area (Å²) in [6.45, 7) is 0. The third-order valence-corrected chi connectivity index (χ3v) is 6.89. The quantitative estimate of drug-likeness (QED) is 0.494. The Morgan fingerprint density at radius 3 is 2.48 bits per heavy atom. The number of hydrogen-bond donors (Lipinski definition) is 3. The topological polar surface area (TPSA) is 122 Å². The first kappa shape index (κ1) is 23.1. The van der Waals surface area contributed by atoms with Crippen LogP contribution in [0.3, 0.4) is 0 Å². The first-order valence-electron chi connectivity index (χ1n) is 10.0. The van der Waals surface area contributed by atoms with Crippen LogP contribution in [0.1, 0.15) is 36.3 Å². The molecule has 1 aromatic carbocycles. The predicted molar refractivity (Wildman–Crippen MR) is 113 cm³/mol. The highest BCUT2D eigenvalue weighted by atomic mass is 32.2. The van der Waals surface area contributed by atoms with Crippen molar-refractivity contribution in [2.24, 2.45) is 0 Å². The van der Waals surface area contributed by atoms with E-state index in [4.69, 9.17) is 0 Å². The Morgan fingerprint density at radius 1 is 1.15 bits per heavy atom. The van der Waals surface area contributed by atoms with Crippen LogP contribution in [0.4, 0.5) is 24.8 Å². The number of rotatable bonds is 6. The van der Waals surface area contributed by atoms with Crippen LogP contribution < -0.4 is 10.0 Å². The van der Waals surface area contributed by atoms with Crippen molar-refractivity contribution in [2.75, 3.05) is 12.4 Å². The number of aliphatic hydroxyl groups is 1. The average Bonchev–Trinajstić information content (AvgIpc) is 3.42. The molecule has 2 atom stereocenters. The lowest BCUT2D eigenvalue weighted by molar-refractivity contribution is -0.138. The highest BCUT2D eigenvalue weighted by Gasteiger charge is 2.36. The van der Waals surface area contributed by atoms with Gasteiger partial charge in [0, 0.05) is 18.1 Å². The van der Waals surface area contributed by atoms with E-state index in [1.54, 1.807) is 0 Å². The summed E-state index contributed by atoms with van der Waals surface area (Å²) in [6, 6.07) is 5.58. The summed E-state index contributed by atoms with van der Waals surface area (Å²) < 4.78 is 67.7. The summed E-state index contributed by atoms with van der Waals surface area (Å²) in [4.78, 5) is 7.82. The van der Waals surface area contributed by atoms with E-state index in [1.807, 2.05) is 0 Å². The molecule has 0 radical (unpaired) electrons. The van der Waals surface area contributed by atoms with Gasteiger partial charge in [-0.2, -0.15) is 23.3 Å². The summed E-state index contributed by atoms with van der Waals surface area (Å²) in [5, 5.41) is 16.6. The number of nitrogens with zero attached hydrogens (tertiary/aromatic N) is 4. The van der Waals surface area contributed by atoms with E-state index < -0.39 is 33.7 Å². The van der Waals surface area contributed by atoms with Crippen LogP contribution in [0, 0.1) is 0 Å². The second-order valence-electron chi connectivity index (χ2n) is 7.67. The lowest BCUT2D eigenvalue weighted by Crippen LogP contribution is -2.18. The summed E-state index contributed by atoms with van der Waals surface area (Å²) in [7, 11) is -2.34. The van der Waals surface area contributed by atoms with E-state index in [-0.39, 0.29) is 16.8 Å².